The van der Waals surface area contributed by atoms with Gasteiger partial charge in [0.05, 0.1) is 5.71 Å². The van der Waals surface area contributed by atoms with E-state index in [-0.39, 0.29) is 11.8 Å². The number of primary amides is 1. The molecular formula is C31H40N8O2. The van der Waals surface area contributed by atoms with Crippen LogP contribution in [0.3, 0.4) is 0 Å². The van der Waals surface area contributed by atoms with Crippen molar-refractivity contribution in [2.75, 3.05) is 11.1 Å². The van der Waals surface area contributed by atoms with Gasteiger partial charge >= 0.3 is 6.09 Å². The minimum atomic E-state index is -0.725. The molecule has 0 atom stereocenters. The number of allylic oxidation sites excluding steroid dienone is 2. The number of anilines is 3. The monoisotopic (exact) mass is 556 g/mol. The van der Waals surface area contributed by atoms with Crippen molar-refractivity contribution in [2.45, 2.75) is 77.7 Å². The molecule has 10 nitrogen and oxygen atoms in total. The van der Waals surface area contributed by atoms with Gasteiger partial charge in [-0.2, -0.15) is 9.67 Å². The van der Waals surface area contributed by atoms with Gasteiger partial charge in [0.1, 0.15) is 11.4 Å². The fourth-order valence-electron chi connectivity index (χ4n) is 5.09. The van der Waals surface area contributed by atoms with Crippen molar-refractivity contribution in [3.63, 3.8) is 0 Å². The first-order valence-corrected chi connectivity index (χ1v) is 14.1. The topological polar surface area (TPSA) is 169 Å². The van der Waals surface area contributed by atoms with Crippen LogP contribution in [-0.4, -0.2) is 38.0 Å². The van der Waals surface area contributed by atoms with E-state index in [4.69, 9.17) is 22.3 Å². The van der Waals surface area contributed by atoms with E-state index in [1.807, 2.05) is 18.2 Å². The van der Waals surface area contributed by atoms with Gasteiger partial charge in [0.2, 0.25) is 11.9 Å². The third-order valence-electron chi connectivity index (χ3n) is 6.93. The van der Waals surface area contributed by atoms with Gasteiger partial charge in [-0.15, -0.1) is 5.10 Å². The Morgan fingerprint density at radius 2 is 1.71 bits per heavy atom. The number of hydrogen-bond donors (Lipinski definition) is 5. The van der Waals surface area contributed by atoms with Crippen molar-refractivity contribution in [3.8, 4) is 0 Å². The Labute approximate surface area is 241 Å². The lowest BCUT2D eigenvalue weighted by Crippen LogP contribution is -2.27. The summed E-state index contributed by atoms with van der Waals surface area (Å²) in [7, 11) is 0. The number of aryl methyl sites for hydroxylation is 3. The highest BCUT2D eigenvalue weighted by Crippen LogP contribution is 2.26. The molecule has 2 aromatic carbocycles. The molecule has 216 valence electrons. The van der Waals surface area contributed by atoms with Crippen LogP contribution in [-0.2, 0) is 24.0 Å². The standard InChI is InChI=1S/C26H29N7.C5H11NO2/c27-23(16-20-11-6-10-18-8-4-5-12-22(18)24(20)28)33-25(29)31-26(32-33)30-21-14-13-17-7-2-1-3-9-19(17)15-21;1-5(2,3)8-4(6)7/h4-5,8,12-16,27-28H,1-3,6-7,9-11H2,(H3,29,30,31,32);1-3H3,(H2,6,7)/b20-16-,27-23?,28-24?;. The molecule has 1 heterocycles. The SMILES string of the molecule is CC(C)(C)OC(N)=O.N=C1/C(=C\C(=N)n2nc(Nc3ccc4c(c3)CCCCC4)nc2N)CCCc2ccccc21. The van der Waals surface area contributed by atoms with Crippen molar-refractivity contribution in [2.24, 2.45) is 5.73 Å². The third-order valence-corrected chi connectivity index (χ3v) is 6.93. The number of aromatic nitrogens is 3. The van der Waals surface area contributed by atoms with Crippen LogP contribution in [0.1, 0.15) is 75.1 Å². The molecule has 0 radical (unpaired) electrons. The molecule has 1 aromatic heterocycles. The summed E-state index contributed by atoms with van der Waals surface area (Å²) in [6.07, 6.45) is 9.58. The van der Waals surface area contributed by atoms with Crippen molar-refractivity contribution in [1.82, 2.24) is 14.8 Å². The molecule has 0 saturated carbocycles. The molecule has 10 heteroatoms. The number of nitrogens with zero attached hydrogens (tertiary/aromatic N) is 3. The minimum absolute atomic E-state index is 0.106. The zero-order chi connectivity index (χ0) is 29.6. The van der Waals surface area contributed by atoms with Crippen LogP contribution in [0.25, 0.3) is 0 Å². The van der Waals surface area contributed by atoms with Crippen LogP contribution in [0, 0.1) is 10.8 Å². The highest BCUT2D eigenvalue weighted by atomic mass is 16.6. The Morgan fingerprint density at radius 3 is 2.41 bits per heavy atom. The van der Waals surface area contributed by atoms with E-state index in [1.165, 1.54) is 40.6 Å². The molecular weight excluding hydrogens is 516 g/mol. The van der Waals surface area contributed by atoms with Crippen LogP contribution in [0.2, 0.25) is 0 Å². The third kappa shape index (κ3) is 8.03. The first-order valence-electron chi connectivity index (χ1n) is 14.1. The summed E-state index contributed by atoms with van der Waals surface area (Å²) in [4.78, 5) is 14.3. The second-order valence-electron chi connectivity index (χ2n) is 11.3. The largest absolute Gasteiger partial charge is 0.444 e. The first kappa shape index (κ1) is 29.5. The number of ether oxygens (including phenoxy) is 1. The Hall–Kier alpha value is -4.47. The van der Waals surface area contributed by atoms with Crippen LogP contribution in [0.4, 0.5) is 22.4 Å². The molecule has 0 fully saturated rings. The molecule has 0 unspecified atom stereocenters. The van der Waals surface area contributed by atoms with E-state index in [9.17, 15) is 4.79 Å². The molecule has 0 saturated heterocycles. The van der Waals surface area contributed by atoms with Gasteiger partial charge in [0.25, 0.3) is 0 Å². The highest BCUT2D eigenvalue weighted by Gasteiger charge is 2.19. The summed E-state index contributed by atoms with van der Waals surface area (Å²) in [6.45, 7) is 5.28. The Morgan fingerprint density at radius 1 is 1.00 bits per heavy atom. The number of carbonyl (C=O) groups excluding carboxylic acids is 1. The molecule has 1 amide bonds. The van der Waals surface area contributed by atoms with E-state index < -0.39 is 11.7 Å². The van der Waals surface area contributed by atoms with Gasteiger partial charge in [0, 0.05) is 11.3 Å². The number of fused-ring (bicyclic) bond motifs is 2. The van der Waals surface area contributed by atoms with Crippen molar-refractivity contribution in [3.05, 3.63) is 76.4 Å². The normalized spacial score (nSPS) is 15.9. The van der Waals surface area contributed by atoms with Crippen LogP contribution < -0.4 is 16.8 Å². The summed E-state index contributed by atoms with van der Waals surface area (Å²) in [5.41, 5.74) is 17.5. The van der Waals surface area contributed by atoms with Gasteiger partial charge in [-0.05, 0) is 106 Å². The number of amides is 1. The predicted octanol–water partition coefficient (Wildman–Crippen LogP) is 5.91. The van der Waals surface area contributed by atoms with Gasteiger partial charge in [-0.1, -0.05) is 36.8 Å². The van der Waals surface area contributed by atoms with E-state index in [2.05, 4.69) is 44.4 Å². The average Bonchev–Trinajstić information content (AvgIpc) is 3.04. The van der Waals surface area contributed by atoms with E-state index in [0.29, 0.717) is 11.7 Å². The molecule has 3 aromatic rings. The molecule has 41 heavy (non-hydrogen) atoms. The summed E-state index contributed by atoms with van der Waals surface area (Å²) >= 11 is 0. The number of nitrogens with two attached hydrogens (primary N) is 2. The molecule has 5 rings (SSSR count). The van der Waals surface area contributed by atoms with E-state index in [1.54, 1.807) is 26.8 Å². The zero-order valence-electron chi connectivity index (χ0n) is 24.1. The molecule has 0 bridgehead atoms. The highest BCUT2D eigenvalue weighted by molar-refractivity contribution is 6.14. The molecule has 2 aliphatic rings. The molecule has 2 aliphatic carbocycles. The Balaban J connectivity index is 0.000000426. The molecule has 0 aliphatic heterocycles. The van der Waals surface area contributed by atoms with Crippen molar-refractivity contribution >= 4 is 35.2 Å². The molecule has 7 N–H and O–H groups in total. The van der Waals surface area contributed by atoms with Crippen LogP contribution in [0.15, 0.2) is 54.1 Å². The van der Waals surface area contributed by atoms with Gasteiger partial charge in [-0.3, -0.25) is 10.8 Å². The second-order valence-corrected chi connectivity index (χ2v) is 11.3. The smallest absolute Gasteiger partial charge is 0.405 e. The molecule has 0 spiro atoms. The van der Waals surface area contributed by atoms with Crippen LogP contribution in [0.5, 0.6) is 0 Å². The predicted molar refractivity (Wildman–Crippen MR) is 163 cm³/mol. The Bertz CT molecular complexity index is 1460. The number of nitrogens with one attached hydrogen (secondary N) is 3. The zero-order valence-corrected chi connectivity index (χ0v) is 24.1. The van der Waals surface area contributed by atoms with Gasteiger partial charge in [0.15, 0.2) is 0 Å². The van der Waals surface area contributed by atoms with Crippen LogP contribution >= 0.6 is 0 Å². The lowest BCUT2D eigenvalue weighted by molar-refractivity contribution is 0.0600. The Kier molecular flexibility index (Phi) is 9.21. The lowest BCUT2D eigenvalue weighted by Gasteiger charge is -2.16. The van der Waals surface area contributed by atoms with E-state index in [0.717, 1.165) is 48.9 Å². The summed E-state index contributed by atoms with van der Waals surface area (Å²) in [6, 6.07) is 14.4. The van der Waals surface area contributed by atoms with Gasteiger partial charge < -0.3 is 21.5 Å². The van der Waals surface area contributed by atoms with Crippen molar-refractivity contribution in [1.29, 1.82) is 10.8 Å². The average molecular weight is 557 g/mol. The van der Waals surface area contributed by atoms with Crippen molar-refractivity contribution < 1.29 is 9.53 Å². The van der Waals surface area contributed by atoms with Gasteiger partial charge in [-0.25, -0.2) is 4.79 Å². The minimum Gasteiger partial charge on any atom is -0.444 e. The van der Waals surface area contributed by atoms with E-state index >= 15 is 0 Å². The number of benzene rings is 2. The summed E-state index contributed by atoms with van der Waals surface area (Å²) < 4.78 is 5.90. The maximum atomic E-state index is 10.0. The summed E-state index contributed by atoms with van der Waals surface area (Å²) in [5.74, 6) is 0.620. The number of carbonyl (C=O) groups is 1. The number of rotatable bonds is 3. The maximum absolute atomic E-state index is 10.0. The lowest BCUT2D eigenvalue weighted by atomic mass is 9.99. The quantitative estimate of drug-likeness (QED) is 0.153. The second kappa shape index (κ2) is 12.8. The fraction of sp³-hybridized carbons (Fsp3) is 0.387. The summed E-state index contributed by atoms with van der Waals surface area (Å²) in [5, 5.41) is 24.9. The first-order chi connectivity index (χ1) is 19.5. The number of nitrogen functional groups attached to an aromatic ring is 1. The fourth-order valence-corrected chi connectivity index (χ4v) is 5.09. The number of hydrogen-bond acceptors (Lipinski definition) is 8. The maximum Gasteiger partial charge on any atom is 0.405 e.